The van der Waals surface area contributed by atoms with Gasteiger partial charge in [0.05, 0.1) is 15.4 Å². The predicted molar refractivity (Wildman–Crippen MR) is 76.2 cm³/mol. The molecule has 118 valence electrons. The molecule has 2 aromatic carbocycles. The van der Waals surface area contributed by atoms with E-state index in [1.54, 1.807) is 24.3 Å². The number of alkyl halides is 3. The van der Waals surface area contributed by atoms with Gasteiger partial charge >= 0.3 is 6.18 Å². The molecule has 0 spiro atoms. The highest BCUT2D eigenvalue weighted by Crippen LogP contribution is 2.39. The quantitative estimate of drug-likeness (QED) is 0.501. The summed E-state index contributed by atoms with van der Waals surface area (Å²) in [6.07, 6.45) is -4.65. The van der Waals surface area contributed by atoms with Gasteiger partial charge in [-0.2, -0.15) is 13.2 Å². The highest BCUT2D eigenvalue weighted by molar-refractivity contribution is 7.99. The average Bonchev–Trinajstić information content (AvgIpc) is 2.88. The molecule has 1 heterocycles. The molecule has 9 heteroatoms. The summed E-state index contributed by atoms with van der Waals surface area (Å²) in [7, 11) is 0. The van der Waals surface area contributed by atoms with Gasteiger partial charge in [0.2, 0.25) is 0 Å². The maximum atomic E-state index is 12.7. The van der Waals surface area contributed by atoms with E-state index in [2.05, 4.69) is 4.98 Å². The van der Waals surface area contributed by atoms with Crippen molar-refractivity contribution in [3.05, 3.63) is 58.1 Å². The molecule has 0 aliphatic rings. The van der Waals surface area contributed by atoms with Gasteiger partial charge in [-0.05, 0) is 36.0 Å². The Kier molecular flexibility index (Phi) is 3.72. The van der Waals surface area contributed by atoms with Crippen molar-refractivity contribution >= 4 is 28.5 Å². The van der Waals surface area contributed by atoms with Gasteiger partial charge in [-0.1, -0.05) is 12.1 Å². The third kappa shape index (κ3) is 3.14. The highest BCUT2D eigenvalue weighted by Gasteiger charge is 2.33. The minimum atomic E-state index is -4.65. The van der Waals surface area contributed by atoms with Crippen molar-refractivity contribution in [1.29, 1.82) is 0 Å². The molecular formula is C14H7F3N2O3S. The second-order valence-corrected chi connectivity index (χ2v) is 5.48. The topological polar surface area (TPSA) is 69.2 Å². The van der Waals surface area contributed by atoms with Crippen LogP contribution in [0.15, 0.2) is 57.0 Å². The summed E-state index contributed by atoms with van der Waals surface area (Å²) in [4.78, 5) is 14.3. The number of fused-ring (bicyclic) bond motifs is 1. The zero-order valence-corrected chi connectivity index (χ0v) is 12.0. The Morgan fingerprint density at radius 1 is 1.17 bits per heavy atom. The van der Waals surface area contributed by atoms with Crippen LogP contribution in [0.4, 0.5) is 18.9 Å². The summed E-state index contributed by atoms with van der Waals surface area (Å²) in [5.74, 6) is 0. The molecule has 0 aliphatic heterocycles. The van der Waals surface area contributed by atoms with Crippen molar-refractivity contribution in [3.8, 4) is 0 Å². The molecular weight excluding hydrogens is 333 g/mol. The number of oxazole rings is 1. The van der Waals surface area contributed by atoms with E-state index in [1.165, 1.54) is 0 Å². The smallest absolute Gasteiger partial charge is 0.416 e. The predicted octanol–water partition coefficient (Wildman–Crippen LogP) is 4.91. The van der Waals surface area contributed by atoms with Gasteiger partial charge in [0, 0.05) is 6.07 Å². The molecule has 3 aromatic rings. The maximum absolute atomic E-state index is 12.7. The summed E-state index contributed by atoms with van der Waals surface area (Å²) in [5, 5.41) is 11.2. The first-order valence-electron chi connectivity index (χ1n) is 6.23. The van der Waals surface area contributed by atoms with Crippen molar-refractivity contribution in [1.82, 2.24) is 4.98 Å². The first kappa shape index (κ1) is 15.3. The molecule has 0 N–H and O–H groups in total. The lowest BCUT2D eigenvalue weighted by atomic mass is 10.2. The third-order valence-electron chi connectivity index (χ3n) is 2.95. The molecule has 3 rings (SSSR count). The molecule has 5 nitrogen and oxygen atoms in total. The van der Waals surface area contributed by atoms with Crippen LogP contribution >= 0.6 is 11.8 Å². The summed E-state index contributed by atoms with van der Waals surface area (Å²) < 4.78 is 43.4. The van der Waals surface area contributed by atoms with Crippen LogP contribution in [0.25, 0.3) is 11.1 Å². The van der Waals surface area contributed by atoms with Gasteiger partial charge in [-0.25, -0.2) is 4.98 Å². The molecule has 0 unspecified atom stereocenters. The average molecular weight is 340 g/mol. The molecule has 1 aromatic heterocycles. The molecule has 0 saturated carbocycles. The number of benzene rings is 2. The van der Waals surface area contributed by atoms with E-state index >= 15 is 0 Å². The molecule has 0 aliphatic carbocycles. The number of hydrogen-bond acceptors (Lipinski definition) is 5. The third-order valence-corrected chi connectivity index (χ3v) is 3.87. The van der Waals surface area contributed by atoms with Crippen LogP contribution in [0, 0.1) is 10.1 Å². The van der Waals surface area contributed by atoms with Crippen molar-refractivity contribution in [2.45, 2.75) is 16.3 Å². The van der Waals surface area contributed by atoms with E-state index in [0.29, 0.717) is 17.2 Å². The first-order chi connectivity index (χ1) is 10.8. The van der Waals surface area contributed by atoms with E-state index in [0.717, 1.165) is 23.9 Å². The van der Waals surface area contributed by atoms with Gasteiger partial charge in [0.15, 0.2) is 5.58 Å². The van der Waals surface area contributed by atoms with Gasteiger partial charge in [0.1, 0.15) is 5.52 Å². The minimum Gasteiger partial charge on any atom is -0.431 e. The van der Waals surface area contributed by atoms with Crippen LogP contribution in [0.3, 0.4) is 0 Å². The lowest BCUT2D eigenvalue weighted by Gasteiger charge is -2.07. The van der Waals surface area contributed by atoms with E-state index in [-0.39, 0.29) is 10.1 Å². The highest BCUT2D eigenvalue weighted by atomic mass is 32.2. The van der Waals surface area contributed by atoms with Crippen LogP contribution in [0.5, 0.6) is 0 Å². The van der Waals surface area contributed by atoms with Crippen molar-refractivity contribution in [2.24, 2.45) is 0 Å². The molecule has 0 atom stereocenters. The number of nitro groups is 1. The summed E-state index contributed by atoms with van der Waals surface area (Å²) in [6, 6.07) is 9.20. The zero-order valence-electron chi connectivity index (χ0n) is 11.2. The van der Waals surface area contributed by atoms with Crippen molar-refractivity contribution in [2.75, 3.05) is 0 Å². The Bertz CT molecular complexity index is 859. The van der Waals surface area contributed by atoms with E-state index < -0.39 is 22.4 Å². The number of hydrogen-bond donors (Lipinski definition) is 0. The molecule has 0 amide bonds. The fraction of sp³-hybridized carbons (Fsp3) is 0.0714. The Balaban J connectivity index is 2.00. The molecule has 0 saturated heterocycles. The molecule has 0 radical (unpaired) electrons. The number of nitrogens with zero attached hydrogens (tertiary/aromatic N) is 2. The molecule has 0 fully saturated rings. The fourth-order valence-corrected chi connectivity index (χ4v) is 2.75. The summed E-state index contributed by atoms with van der Waals surface area (Å²) in [6.45, 7) is 0. The van der Waals surface area contributed by atoms with Gasteiger partial charge in [0.25, 0.3) is 10.9 Å². The molecule has 23 heavy (non-hydrogen) atoms. The Labute approximate surface area is 131 Å². The normalized spacial score (nSPS) is 11.8. The van der Waals surface area contributed by atoms with Crippen LogP contribution in [-0.4, -0.2) is 9.91 Å². The second kappa shape index (κ2) is 5.58. The SMILES string of the molecule is O=[N+]([O-])c1cc(C(F)(F)F)ccc1Sc1nc2ccccc2o1. The minimum absolute atomic E-state index is 0.0227. The second-order valence-electron chi connectivity index (χ2n) is 4.49. The maximum Gasteiger partial charge on any atom is 0.416 e. The van der Waals surface area contributed by atoms with Gasteiger partial charge < -0.3 is 4.42 Å². The fourth-order valence-electron chi connectivity index (χ4n) is 1.91. The summed E-state index contributed by atoms with van der Waals surface area (Å²) in [5.41, 5.74) is -0.674. The Hall–Kier alpha value is -2.55. The Morgan fingerprint density at radius 2 is 1.91 bits per heavy atom. The monoisotopic (exact) mass is 340 g/mol. The number of nitro benzene ring substituents is 1. The number of para-hydroxylation sites is 2. The van der Waals surface area contributed by atoms with Crippen molar-refractivity contribution in [3.63, 3.8) is 0 Å². The van der Waals surface area contributed by atoms with Crippen LogP contribution in [0.2, 0.25) is 0 Å². The van der Waals surface area contributed by atoms with Crippen LogP contribution in [-0.2, 0) is 6.18 Å². The van der Waals surface area contributed by atoms with Crippen LogP contribution in [0.1, 0.15) is 5.56 Å². The van der Waals surface area contributed by atoms with E-state index in [1.807, 2.05) is 0 Å². The summed E-state index contributed by atoms with van der Waals surface area (Å²) >= 11 is 0.801. The Morgan fingerprint density at radius 3 is 2.57 bits per heavy atom. The van der Waals surface area contributed by atoms with Gasteiger partial charge in [-0.3, -0.25) is 10.1 Å². The van der Waals surface area contributed by atoms with Crippen molar-refractivity contribution < 1.29 is 22.5 Å². The zero-order chi connectivity index (χ0) is 16.6. The number of aromatic nitrogens is 1. The van der Waals surface area contributed by atoms with E-state index in [4.69, 9.17) is 4.42 Å². The van der Waals surface area contributed by atoms with E-state index in [9.17, 15) is 23.3 Å². The first-order valence-corrected chi connectivity index (χ1v) is 7.05. The lowest BCUT2D eigenvalue weighted by Crippen LogP contribution is -2.05. The standard InChI is InChI=1S/C14H7F3N2O3S/c15-14(16,17)8-5-6-12(10(7-8)19(20)21)23-13-18-9-3-1-2-4-11(9)22-13/h1-7H. The molecule has 0 bridgehead atoms. The largest absolute Gasteiger partial charge is 0.431 e. The number of halogens is 3. The van der Waals surface area contributed by atoms with Crippen LogP contribution < -0.4 is 0 Å². The lowest BCUT2D eigenvalue weighted by molar-refractivity contribution is -0.388. The van der Waals surface area contributed by atoms with Gasteiger partial charge in [-0.15, -0.1) is 0 Å². The number of rotatable bonds is 3.